The van der Waals surface area contributed by atoms with Gasteiger partial charge in [0.1, 0.15) is 5.82 Å². The van der Waals surface area contributed by atoms with Crippen LogP contribution in [-0.2, 0) is 9.53 Å². The molecule has 6 nitrogen and oxygen atoms in total. The number of carbonyl (C=O) groups excluding carboxylic acids is 2. The molecule has 2 aromatic rings. The van der Waals surface area contributed by atoms with E-state index in [0.29, 0.717) is 5.56 Å². The first kappa shape index (κ1) is 17.2. The van der Waals surface area contributed by atoms with Gasteiger partial charge in [0.25, 0.3) is 5.91 Å². The van der Waals surface area contributed by atoms with Crippen LogP contribution < -0.4 is 5.32 Å². The number of rotatable bonds is 5. The van der Waals surface area contributed by atoms with Crippen LogP contribution in [0.1, 0.15) is 48.9 Å². The lowest BCUT2D eigenvalue weighted by atomic mass is 10.1. The van der Waals surface area contributed by atoms with E-state index in [4.69, 9.17) is 4.74 Å². The van der Waals surface area contributed by atoms with Gasteiger partial charge in [-0.1, -0.05) is 37.8 Å². The van der Waals surface area contributed by atoms with E-state index in [1.807, 2.05) is 0 Å². The molecule has 1 aromatic heterocycles. The monoisotopic (exact) mass is 341 g/mol. The molecular weight excluding hydrogens is 318 g/mol. The molecule has 1 aliphatic rings. The number of carbonyl (C=O) groups is 2. The third-order valence-corrected chi connectivity index (χ3v) is 4.45. The van der Waals surface area contributed by atoms with E-state index in [0.717, 1.165) is 37.1 Å². The zero-order valence-electron chi connectivity index (χ0n) is 14.2. The number of H-pyrrole nitrogens is 1. The minimum Gasteiger partial charge on any atom is -0.452 e. The molecule has 0 atom stereocenters. The van der Waals surface area contributed by atoms with E-state index in [2.05, 4.69) is 15.3 Å². The lowest BCUT2D eigenvalue weighted by Gasteiger charge is -2.16. The summed E-state index contributed by atoms with van der Waals surface area (Å²) in [4.78, 5) is 31.2. The Balaban J connectivity index is 1.47. The molecule has 1 saturated carbocycles. The second-order valence-corrected chi connectivity index (χ2v) is 6.35. The minimum atomic E-state index is -0.498. The Labute approximate surface area is 147 Å². The molecule has 3 rings (SSSR count). The van der Waals surface area contributed by atoms with Gasteiger partial charge in [0.15, 0.2) is 6.61 Å². The molecule has 25 heavy (non-hydrogen) atoms. The molecule has 1 amide bonds. The topological polar surface area (TPSA) is 84.1 Å². The third-order valence-electron chi connectivity index (χ3n) is 4.45. The van der Waals surface area contributed by atoms with E-state index in [1.165, 1.54) is 12.8 Å². The van der Waals surface area contributed by atoms with E-state index in [9.17, 15) is 9.59 Å². The van der Waals surface area contributed by atoms with Crippen LogP contribution in [-0.4, -0.2) is 34.5 Å². The predicted octanol–water partition coefficient (Wildman–Crippen LogP) is 3.07. The minimum absolute atomic E-state index is 0.210. The fraction of sp³-hybridized carbons (Fsp3) is 0.421. The standard InChI is InChI=1S/C19H23N3O3/c23-17(22-16-5-3-1-2-4-6-16)13-25-19(24)15-9-7-14(8-10-15)18-20-11-12-21-18/h7-12,16H,1-6,13H2,(H,20,21)(H,22,23). The molecule has 2 N–H and O–H groups in total. The number of nitrogens with zero attached hydrogens (tertiary/aromatic N) is 1. The number of amides is 1. The largest absolute Gasteiger partial charge is 0.452 e. The summed E-state index contributed by atoms with van der Waals surface area (Å²) < 4.78 is 5.12. The molecule has 0 aliphatic heterocycles. The van der Waals surface area contributed by atoms with Crippen LogP contribution in [0.3, 0.4) is 0 Å². The first-order valence-electron chi connectivity index (χ1n) is 8.78. The highest BCUT2D eigenvalue weighted by molar-refractivity contribution is 5.91. The number of benzene rings is 1. The zero-order chi connectivity index (χ0) is 17.5. The summed E-state index contributed by atoms with van der Waals surface area (Å²) in [5.41, 5.74) is 1.30. The van der Waals surface area contributed by atoms with Crippen LogP contribution in [0.2, 0.25) is 0 Å². The Morgan fingerprint density at radius 2 is 1.84 bits per heavy atom. The molecule has 0 saturated heterocycles. The first-order chi connectivity index (χ1) is 12.2. The molecule has 132 valence electrons. The molecule has 0 spiro atoms. The predicted molar refractivity (Wildman–Crippen MR) is 93.9 cm³/mol. The van der Waals surface area contributed by atoms with Gasteiger partial charge in [0.05, 0.1) is 5.56 Å². The Bertz CT molecular complexity index is 687. The van der Waals surface area contributed by atoms with Gasteiger partial charge in [-0.3, -0.25) is 4.79 Å². The lowest BCUT2D eigenvalue weighted by molar-refractivity contribution is -0.125. The second-order valence-electron chi connectivity index (χ2n) is 6.35. The maximum absolute atomic E-state index is 12.1. The van der Waals surface area contributed by atoms with Crippen LogP contribution in [0.15, 0.2) is 36.7 Å². The van der Waals surface area contributed by atoms with Crippen LogP contribution in [0.4, 0.5) is 0 Å². The van der Waals surface area contributed by atoms with Crippen LogP contribution in [0, 0.1) is 0 Å². The summed E-state index contributed by atoms with van der Waals surface area (Å²) in [5.74, 6) is 0.0113. The van der Waals surface area contributed by atoms with Crippen molar-refractivity contribution in [2.24, 2.45) is 0 Å². The molecule has 0 unspecified atom stereocenters. The Hall–Kier alpha value is -2.63. The number of nitrogens with one attached hydrogen (secondary N) is 2. The summed E-state index contributed by atoms with van der Waals surface area (Å²) >= 11 is 0. The Morgan fingerprint density at radius 1 is 1.12 bits per heavy atom. The quantitative estimate of drug-likeness (QED) is 0.646. The lowest BCUT2D eigenvalue weighted by Crippen LogP contribution is -2.37. The average Bonchev–Trinajstić information content (AvgIpc) is 3.05. The van der Waals surface area contributed by atoms with Crippen molar-refractivity contribution in [3.05, 3.63) is 42.2 Å². The van der Waals surface area contributed by atoms with Gasteiger partial charge >= 0.3 is 5.97 Å². The number of hydrogen-bond acceptors (Lipinski definition) is 4. The summed E-state index contributed by atoms with van der Waals surface area (Å²) in [6, 6.07) is 7.13. The van der Waals surface area contributed by atoms with Crippen molar-refractivity contribution in [1.82, 2.24) is 15.3 Å². The molecule has 0 bridgehead atoms. The molecule has 1 aliphatic carbocycles. The number of aromatic nitrogens is 2. The number of esters is 1. The van der Waals surface area contributed by atoms with Crippen molar-refractivity contribution >= 4 is 11.9 Å². The summed E-state index contributed by atoms with van der Waals surface area (Å²) in [5, 5.41) is 2.96. The van der Waals surface area contributed by atoms with E-state index < -0.39 is 5.97 Å². The smallest absolute Gasteiger partial charge is 0.338 e. The highest BCUT2D eigenvalue weighted by atomic mass is 16.5. The van der Waals surface area contributed by atoms with Crippen LogP contribution >= 0.6 is 0 Å². The average molecular weight is 341 g/mol. The van der Waals surface area contributed by atoms with Gasteiger partial charge in [0, 0.05) is 24.0 Å². The van der Waals surface area contributed by atoms with Gasteiger partial charge in [0.2, 0.25) is 0 Å². The van der Waals surface area contributed by atoms with Crippen LogP contribution in [0.25, 0.3) is 11.4 Å². The Kier molecular flexibility index (Phi) is 5.82. The number of ether oxygens (including phenoxy) is 1. The van der Waals surface area contributed by atoms with Gasteiger partial charge in [-0.15, -0.1) is 0 Å². The fourth-order valence-corrected chi connectivity index (χ4v) is 3.09. The summed E-state index contributed by atoms with van der Waals surface area (Å²) in [6.07, 6.45) is 10.2. The highest BCUT2D eigenvalue weighted by Crippen LogP contribution is 2.17. The normalized spacial score (nSPS) is 15.4. The molecule has 1 aromatic carbocycles. The Morgan fingerprint density at radius 3 is 2.48 bits per heavy atom. The van der Waals surface area contributed by atoms with Gasteiger partial charge in [-0.05, 0) is 25.0 Å². The maximum atomic E-state index is 12.1. The van der Waals surface area contributed by atoms with E-state index in [1.54, 1.807) is 36.7 Å². The van der Waals surface area contributed by atoms with Crippen molar-refractivity contribution < 1.29 is 14.3 Å². The maximum Gasteiger partial charge on any atom is 0.338 e. The van der Waals surface area contributed by atoms with Crippen molar-refractivity contribution in [1.29, 1.82) is 0 Å². The number of imidazole rings is 1. The molecular formula is C19H23N3O3. The number of hydrogen-bond donors (Lipinski definition) is 2. The van der Waals surface area contributed by atoms with Crippen molar-refractivity contribution in [3.63, 3.8) is 0 Å². The van der Waals surface area contributed by atoms with E-state index in [-0.39, 0.29) is 18.6 Å². The van der Waals surface area contributed by atoms with Crippen LogP contribution in [0.5, 0.6) is 0 Å². The van der Waals surface area contributed by atoms with Crippen molar-refractivity contribution in [2.75, 3.05) is 6.61 Å². The first-order valence-corrected chi connectivity index (χ1v) is 8.78. The zero-order valence-corrected chi connectivity index (χ0v) is 14.2. The highest BCUT2D eigenvalue weighted by Gasteiger charge is 2.16. The van der Waals surface area contributed by atoms with Gasteiger partial charge in [-0.2, -0.15) is 0 Å². The fourth-order valence-electron chi connectivity index (χ4n) is 3.09. The third kappa shape index (κ3) is 4.92. The van der Waals surface area contributed by atoms with Crippen molar-refractivity contribution in [3.8, 4) is 11.4 Å². The molecule has 1 fully saturated rings. The SMILES string of the molecule is O=C(COC(=O)c1ccc(-c2ncc[nH]2)cc1)NC1CCCCCC1. The van der Waals surface area contributed by atoms with E-state index >= 15 is 0 Å². The molecule has 1 heterocycles. The van der Waals surface area contributed by atoms with Crippen molar-refractivity contribution in [2.45, 2.75) is 44.6 Å². The van der Waals surface area contributed by atoms with Gasteiger partial charge in [-0.25, -0.2) is 9.78 Å². The van der Waals surface area contributed by atoms with Gasteiger partial charge < -0.3 is 15.0 Å². The second kappa shape index (κ2) is 8.46. The molecule has 6 heteroatoms. The summed E-state index contributed by atoms with van der Waals surface area (Å²) in [6.45, 7) is -0.241. The summed E-state index contributed by atoms with van der Waals surface area (Å²) in [7, 11) is 0. The molecule has 0 radical (unpaired) electrons. The number of aromatic amines is 1.